The molecule has 0 spiro atoms. The topological polar surface area (TPSA) is 175 Å². The van der Waals surface area contributed by atoms with Gasteiger partial charge in [0.15, 0.2) is 6.29 Å². The number of nitrogens with one attached hydrogen (secondary N) is 1. The average molecular weight is 1040 g/mol. The van der Waals surface area contributed by atoms with Crippen LogP contribution in [-0.4, -0.2) is 100 Å². The predicted molar refractivity (Wildman–Crippen MR) is 306 cm³/mol. The quantitative estimate of drug-likeness (QED) is 0.0149. The zero-order valence-electron chi connectivity index (χ0n) is 47.0. The number of carbonyl (C=O) groups excluding carboxylic acids is 2. The van der Waals surface area contributed by atoms with Crippen LogP contribution >= 0.6 is 0 Å². The molecule has 0 radical (unpaired) electrons. The highest BCUT2D eigenvalue weighted by Gasteiger charge is 2.44. The zero-order chi connectivity index (χ0) is 53.8. The molecule has 1 amide bonds. The van der Waals surface area contributed by atoms with E-state index in [1.165, 1.54) is 128 Å². The molecular formula is C63H111NO10. The van der Waals surface area contributed by atoms with E-state index in [0.29, 0.717) is 25.9 Å². The van der Waals surface area contributed by atoms with Crippen molar-refractivity contribution in [2.45, 2.75) is 294 Å². The molecule has 0 aromatic rings. The summed E-state index contributed by atoms with van der Waals surface area (Å²) in [5, 5.41) is 54.1. The Balaban J connectivity index is 2.04. The van der Waals surface area contributed by atoms with Gasteiger partial charge in [-0.15, -0.1) is 0 Å². The molecule has 0 bridgehead atoms. The summed E-state index contributed by atoms with van der Waals surface area (Å²) < 4.78 is 16.6. The molecule has 74 heavy (non-hydrogen) atoms. The summed E-state index contributed by atoms with van der Waals surface area (Å²) in [6.07, 6.45) is 58.9. The lowest BCUT2D eigenvalue weighted by Gasteiger charge is -2.40. The Hall–Kier alpha value is -2.90. The van der Waals surface area contributed by atoms with Crippen LogP contribution in [0.25, 0.3) is 0 Å². The minimum Gasteiger partial charge on any atom is -0.466 e. The summed E-state index contributed by atoms with van der Waals surface area (Å²) in [4.78, 5) is 25.1. The molecule has 1 rings (SSSR count). The fraction of sp³-hybridized carbons (Fsp3) is 0.778. The number of allylic oxidation sites excluding steroid dienone is 11. The van der Waals surface area contributed by atoms with Gasteiger partial charge in [-0.05, 0) is 110 Å². The SMILES string of the molecule is C/C=C/CC/C=C/CC/C=C/C(O)C(COC1OC(CO)C(O)C(O)C1O)NC(=O)CCCCCCCCCCCC/C=C\C=C/CCCCCOC(=O)CCCCCCCCC/C=C\CCCCCCCCC. The molecule has 1 saturated heterocycles. The van der Waals surface area contributed by atoms with E-state index < -0.39 is 49.5 Å². The summed E-state index contributed by atoms with van der Waals surface area (Å²) in [5.74, 6) is -0.244. The van der Waals surface area contributed by atoms with Crippen molar-refractivity contribution < 1.29 is 49.3 Å². The fourth-order valence-electron chi connectivity index (χ4n) is 9.05. The second-order valence-corrected chi connectivity index (χ2v) is 20.7. The van der Waals surface area contributed by atoms with Crippen LogP contribution in [-0.2, 0) is 23.8 Å². The number of carbonyl (C=O) groups is 2. The van der Waals surface area contributed by atoms with E-state index in [4.69, 9.17) is 14.2 Å². The maximum absolute atomic E-state index is 13.0. The second kappa shape index (κ2) is 52.2. The van der Waals surface area contributed by atoms with Gasteiger partial charge >= 0.3 is 5.97 Å². The third-order valence-electron chi connectivity index (χ3n) is 13.9. The lowest BCUT2D eigenvalue weighted by molar-refractivity contribution is -0.302. The zero-order valence-corrected chi connectivity index (χ0v) is 47.0. The van der Waals surface area contributed by atoms with Gasteiger partial charge in [0.2, 0.25) is 5.91 Å². The highest BCUT2D eigenvalue weighted by Crippen LogP contribution is 2.23. The van der Waals surface area contributed by atoms with Gasteiger partial charge in [-0.25, -0.2) is 0 Å². The number of hydrogen-bond donors (Lipinski definition) is 6. The van der Waals surface area contributed by atoms with Crippen LogP contribution in [0, 0.1) is 0 Å². The number of amides is 1. The van der Waals surface area contributed by atoms with Crippen molar-refractivity contribution in [3.63, 3.8) is 0 Å². The molecule has 7 atom stereocenters. The highest BCUT2D eigenvalue weighted by atomic mass is 16.7. The monoisotopic (exact) mass is 1040 g/mol. The van der Waals surface area contributed by atoms with Gasteiger partial charge in [0.05, 0.1) is 32.0 Å². The highest BCUT2D eigenvalue weighted by molar-refractivity contribution is 5.76. The van der Waals surface area contributed by atoms with Crippen LogP contribution < -0.4 is 5.32 Å². The van der Waals surface area contributed by atoms with Gasteiger partial charge in [0.25, 0.3) is 0 Å². The van der Waals surface area contributed by atoms with Crippen LogP contribution in [0.15, 0.2) is 72.9 Å². The molecule has 1 heterocycles. The predicted octanol–water partition coefficient (Wildman–Crippen LogP) is 14.0. The van der Waals surface area contributed by atoms with Gasteiger partial charge in [0, 0.05) is 12.8 Å². The van der Waals surface area contributed by atoms with E-state index in [-0.39, 0.29) is 18.5 Å². The lowest BCUT2D eigenvalue weighted by Crippen LogP contribution is -2.60. The molecule has 11 nitrogen and oxygen atoms in total. The smallest absolute Gasteiger partial charge is 0.305 e. The molecule has 0 aromatic carbocycles. The fourth-order valence-corrected chi connectivity index (χ4v) is 9.05. The Morgan fingerprint density at radius 2 is 0.973 bits per heavy atom. The van der Waals surface area contributed by atoms with Crippen molar-refractivity contribution in [2.24, 2.45) is 0 Å². The molecular weight excluding hydrogens is 931 g/mol. The molecule has 1 fully saturated rings. The molecule has 0 aromatic heterocycles. The molecule has 1 aliphatic rings. The van der Waals surface area contributed by atoms with E-state index >= 15 is 0 Å². The number of ether oxygens (including phenoxy) is 3. The first-order chi connectivity index (χ1) is 36.2. The third kappa shape index (κ3) is 41.3. The molecule has 7 unspecified atom stereocenters. The molecule has 1 aliphatic heterocycles. The van der Waals surface area contributed by atoms with E-state index in [2.05, 4.69) is 66.9 Å². The Morgan fingerprint density at radius 3 is 1.50 bits per heavy atom. The van der Waals surface area contributed by atoms with Crippen LogP contribution in [0.1, 0.15) is 251 Å². The van der Waals surface area contributed by atoms with Crippen molar-refractivity contribution in [1.82, 2.24) is 5.32 Å². The number of rotatable bonds is 51. The average Bonchev–Trinajstić information content (AvgIpc) is 3.40. The van der Waals surface area contributed by atoms with Crippen LogP contribution in [0.5, 0.6) is 0 Å². The van der Waals surface area contributed by atoms with E-state index in [1.54, 1.807) is 6.08 Å². The standard InChI is InChI=1S/C63H111NO10/c1-3-5-7-9-11-13-14-15-16-17-22-25-28-31-35-39-43-47-51-59(68)72-52-48-44-40-36-32-29-26-23-20-18-19-21-24-27-30-34-38-42-46-50-58(67)64-55(56(66)49-45-41-37-33-12-10-8-6-4-2)54-73-63-62(71)61(70)60(69)57(53-65)74-63/h4,6,12,16-17,23,26,29,32-33,45,49,55-57,60-63,65-66,69-71H,3,5,7-11,13-15,18-22,24-25,27-28,30-31,34-44,46-48,50-54H2,1-2H3,(H,64,67)/b6-4+,17-16-,26-23-,32-29-,33-12+,49-45+. The molecule has 428 valence electrons. The largest absolute Gasteiger partial charge is 0.466 e. The Labute approximate surface area is 451 Å². The summed E-state index contributed by atoms with van der Waals surface area (Å²) in [5.41, 5.74) is 0. The van der Waals surface area contributed by atoms with Gasteiger partial charge < -0.3 is 45.1 Å². The van der Waals surface area contributed by atoms with Gasteiger partial charge in [-0.1, -0.05) is 202 Å². The summed E-state index contributed by atoms with van der Waals surface area (Å²) in [7, 11) is 0. The summed E-state index contributed by atoms with van der Waals surface area (Å²) in [6.45, 7) is 4.03. The van der Waals surface area contributed by atoms with E-state index in [9.17, 15) is 35.1 Å². The first-order valence-corrected chi connectivity index (χ1v) is 30.2. The number of esters is 1. The normalized spacial score (nSPS) is 19.4. The second-order valence-electron chi connectivity index (χ2n) is 20.7. The molecule has 11 heteroatoms. The number of aliphatic hydroxyl groups excluding tert-OH is 5. The first kappa shape index (κ1) is 69.1. The van der Waals surface area contributed by atoms with Crippen molar-refractivity contribution in [3.05, 3.63) is 72.9 Å². The number of unbranched alkanes of at least 4 members (excludes halogenated alkanes) is 29. The van der Waals surface area contributed by atoms with Crippen molar-refractivity contribution in [3.8, 4) is 0 Å². The van der Waals surface area contributed by atoms with Crippen molar-refractivity contribution >= 4 is 11.9 Å². The third-order valence-corrected chi connectivity index (χ3v) is 13.9. The van der Waals surface area contributed by atoms with Crippen LogP contribution in [0.2, 0.25) is 0 Å². The van der Waals surface area contributed by atoms with Crippen LogP contribution in [0.3, 0.4) is 0 Å². The number of hydrogen-bond acceptors (Lipinski definition) is 10. The Bertz CT molecular complexity index is 1460. The number of aliphatic hydroxyl groups is 5. The summed E-state index contributed by atoms with van der Waals surface area (Å²) >= 11 is 0. The molecule has 0 saturated carbocycles. The molecule has 0 aliphatic carbocycles. The Morgan fingerprint density at radius 1 is 0.527 bits per heavy atom. The van der Waals surface area contributed by atoms with Gasteiger partial charge in [-0.3, -0.25) is 9.59 Å². The maximum Gasteiger partial charge on any atom is 0.305 e. The van der Waals surface area contributed by atoms with Gasteiger partial charge in [-0.2, -0.15) is 0 Å². The van der Waals surface area contributed by atoms with Crippen LogP contribution in [0.4, 0.5) is 0 Å². The minimum atomic E-state index is -1.58. The van der Waals surface area contributed by atoms with Crippen molar-refractivity contribution in [1.29, 1.82) is 0 Å². The Kier molecular flexibility index (Phi) is 48.7. The van der Waals surface area contributed by atoms with E-state index in [0.717, 1.165) is 89.9 Å². The van der Waals surface area contributed by atoms with Crippen molar-refractivity contribution in [2.75, 3.05) is 19.8 Å². The molecule has 6 N–H and O–H groups in total. The summed E-state index contributed by atoms with van der Waals surface area (Å²) in [6, 6.07) is -0.843. The maximum atomic E-state index is 13.0. The van der Waals surface area contributed by atoms with E-state index in [1.807, 2.05) is 19.1 Å². The first-order valence-electron chi connectivity index (χ1n) is 30.2. The van der Waals surface area contributed by atoms with Gasteiger partial charge in [0.1, 0.15) is 24.4 Å². The lowest BCUT2D eigenvalue weighted by atomic mass is 9.99. The minimum absolute atomic E-state index is 0.0333.